The molecular weight excluding hydrogens is 777 g/mol. The van der Waals surface area contributed by atoms with E-state index in [4.69, 9.17) is 4.74 Å². The quantitative estimate of drug-likeness (QED) is 0.0332. The lowest BCUT2D eigenvalue weighted by atomic mass is 9.82. The summed E-state index contributed by atoms with van der Waals surface area (Å²) in [6, 6.07) is 26.8. The average Bonchev–Trinajstić information content (AvgIpc) is 3.59. The van der Waals surface area contributed by atoms with Crippen molar-refractivity contribution in [1.29, 1.82) is 0 Å². The van der Waals surface area contributed by atoms with Crippen LogP contribution in [0.1, 0.15) is 146 Å². The second kappa shape index (κ2) is 15.6. The predicted octanol–water partition coefficient (Wildman–Crippen LogP) is 11.3. The molecule has 9 heteroatoms. The highest BCUT2D eigenvalue weighted by molar-refractivity contribution is 6.41. The van der Waals surface area contributed by atoms with E-state index < -0.39 is 17.8 Å². The number of fused-ring (bicyclic) bond motifs is 5. The highest BCUT2D eigenvalue weighted by Crippen LogP contribution is 2.47. The Bertz CT molecular complexity index is 2940. The van der Waals surface area contributed by atoms with Gasteiger partial charge >= 0.3 is 5.97 Å². The Hall–Kier alpha value is -6.74. The number of amides is 4. The van der Waals surface area contributed by atoms with Crippen molar-refractivity contribution in [2.24, 2.45) is 0 Å². The number of imide groups is 2. The van der Waals surface area contributed by atoms with Gasteiger partial charge in [0.2, 0.25) is 0 Å². The van der Waals surface area contributed by atoms with Crippen LogP contribution in [0.25, 0.3) is 54.2 Å². The van der Waals surface area contributed by atoms with Crippen LogP contribution in [-0.2, 0) is 4.74 Å². The third kappa shape index (κ3) is 5.96. The largest absolute Gasteiger partial charge is 0.460 e. The Morgan fingerprint density at radius 3 is 1.50 bits per heavy atom. The van der Waals surface area contributed by atoms with Crippen molar-refractivity contribution in [3.63, 3.8) is 0 Å². The minimum atomic E-state index is -0.651. The molecule has 0 aromatic heterocycles. The van der Waals surface area contributed by atoms with Crippen LogP contribution in [0.3, 0.4) is 0 Å². The molecule has 7 aromatic rings. The Morgan fingerprint density at radius 1 is 0.500 bits per heavy atom. The summed E-state index contributed by atoms with van der Waals surface area (Å²) >= 11 is 0. The highest BCUT2D eigenvalue weighted by Gasteiger charge is 2.39. The number of ether oxygens (including phenoxy) is 1. The van der Waals surface area contributed by atoms with Gasteiger partial charge in [0, 0.05) is 55.8 Å². The first-order valence-electron chi connectivity index (χ1n) is 22.1. The van der Waals surface area contributed by atoms with Crippen LogP contribution in [0.4, 0.5) is 0 Å². The minimum Gasteiger partial charge on any atom is -0.460 e. The first-order valence-corrected chi connectivity index (χ1v) is 22.1. The van der Waals surface area contributed by atoms with Gasteiger partial charge in [-0.15, -0.1) is 0 Å². The zero-order valence-corrected chi connectivity index (χ0v) is 35.0. The van der Waals surface area contributed by atoms with E-state index in [1.165, 1.54) is 0 Å². The molecule has 10 rings (SSSR count). The number of unbranched alkanes of at least 4 members (excludes halogenated alkanes) is 6. The van der Waals surface area contributed by atoms with Crippen molar-refractivity contribution >= 4 is 78.5 Å². The molecule has 2 aliphatic heterocycles. The molecule has 0 saturated carbocycles. The third-order valence-electron chi connectivity index (χ3n) is 13.4. The van der Waals surface area contributed by atoms with Crippen molar-refractivity contribution in [1.82, 2.24) is 9.80 Å². The summed E-state index contributed by atoms with van der Waals surface area (Å²) in [5.74, 6) is -2.27. The van der Waals surface area contributed by atoms with Crippen molar-refractivity contribution in [3.8, 4) is 11.1 Å². The van der Waals surface area contributed by atoms with Crippen molar-refractivity contribution in [3.05, 3.63) is 130 Å². The fraction of sp³-hybridized carbons (Fsp3) is 0.283. The Labute approximate surface area is 358 Å². The normalized spacial score (nSPS) is 14.4. The van der Waals surface area contributed by atoms with E-state index in [1.807, 2.05) is 42.5 Å². The lowest BCUT2D eigenvalue weighted by Gasteiger charge is -2.35. The number of nitrogens with zero attached hydrogens (tertiary/aromatic N) is 2. The zero-order chi connectivity index (χ0) is 42.8. The molecule has 310 valence electrons. The van der Waals surface area contributed by atoms with E-state index in [0.29, 0.717) is 55.3 Å². The summed E-state index contributed by atoms with van der Waals surface area (Å²) in [6.45, 7) is 3.96. The number of hydrogen-bond donors (Lipinski definition) is 0. The van der Waals surface area contributed by atoms with Gasteiger partial charge in [0.1, 0.15) is 6.61 Å². The molecule has 2 heterocycles. The summed E-state index contributed by atoms with van der Waals surface area (Å²) in [7, 11) is 0. The summed E-state index contributed by atoms with van der Waals surface area (Å²) < 4.78 is 5.67. The third-order valence-corrected chi connectivity index (χ3v) is 13.4. The number of carbonyl (C=O) groups is 6. The number of esters is 1. The smallest absolute Gasteiger partial charge is 0.338 e. The lowest BCUT2D eigenvalue weighted by Crippen LogP contribution is -2.47. The van der Waals surface area contributed by atoms with Gasteiger partial charge < -0.3 is 4.74 Å². The van der Waals surface area contributed by atoms with Crippen LogP contribution in [0.2, 0.25) is 0 Å². The summed E-state index contributed by atoms with van der Waals surface area (Å²) in [4.78, 5) is 86.6. The zero-order valence-electron chi connectivity index (χ0n) is 35.0. The molecule has 0 fully saturated rings. The van der Waals surface area contributed by atoms with Gasteiger partial charge in [0.15, 0.2) is 5.78 Å². The fourth-order valence-electron chi connectivity index (χ4n) is 10.4. The Morgan fingerprint density at radius 2 is 0.984 bits per heavy atom. The topological polar surface area (TPSA) is 118 Å². The number of rotatable bonds is 15. The van der Waals surface area contributed by atoms with Gasteiger partial charge in [-0.3, -0.25) is 33.8 Å². The molecule has 0 bridgehead atoms. The maximum atomic E-state index is 14.5. The molecule has 9 nitrogen and oxygen atoms in total. The minimum absolute atomic E-state index is 0.153. The molecule has 0 saturated heterocycles. The molecule has 0 unspecified atom stereocenters. The van der Waals surface area contributed by atoms with Crippen LogP contribution in [0.15, 0.2) is 91.0 Å². The second-order valence-electron chi connectivity index (χ2n) is 17.0. The highest BCUT2D eigenvalue weighted by atomic mass is 16.5. The maximum absolute atomic E-state index is 14.5. The van der Waals surface area contributed by atoms with Crippen LogP contribution in [-0.4, -0.2) is 64.4 Å². The van der Waals surface area contributed by atoms with Gasteiger partial charge in [-0.2, -0.15) is 0 Å². The van der Waals surface area contributed by atoms with E-state index in [0.717, 1.165) is 101 Å². The van der Waals surface area contributed by atoms with E-state index >= 15 is 0 Å². The molecule has 0 spiro atoms. The predicted molar refractivity (Wildman–Crippen MR) is 240 cm³/mol. The monoisotopic (exact) mass is 822 g/mol. The van der Waals surface area contributed by atoms with Crippen LogP contribution in [0.5, 0.6) is 0 Å². The van der Waals surface area contributed by atoms with Gasteiger partial charge in [0.25, 0.3) is 23.6 Å². The molecule has 4 amide bonds. The molecule has 7 aromatic carbocycles. The van der Waals surface area contributed by atoms with Gasteiger partial charge in [0.05, 0.1) is 12.1 Å². The van der Waals surface area contributed by atoms with Gasteiger partial charge in [-0.1, -0.05) is 126 Å². The number of benzene rings is 7. The Balaban J connectivity index is 0.961. The average molecular weight is 823 g/mol. The first kappa shape index (κ1) is 39.4. The van der Waals surface area contributed by atoms with Crippen LogP contribution in [0, 0.1) is 0 Å². The maximum Gasteiger partial charge on any atom is 0.338 e. The molecule has 1 aliphatic carbocycles. The summed E-state index contributed by atoms with van der Waals surface area (Å²) in [6.07, 6.45) is 10.2. The van der Waals surface area contributed by atoms with Gasteiger partial charge in [-0.25, -0.2) is 4.79 Å². The number of carbonyl (C=O) groups excluding carboxylic acids is 6. The van der Waals surface area contributed by atoms with E-state index in [-0.39, 0.29) is 42.4 Å². The van der Waals surface area contributed by atoms with Gasteiger partial charge in [-0.05, 0) is 81.1 Å². The molecule has 0 atom stereocenters. The Kier molecular flexibility index (Phi) is 9.93. The molecule has 3 aliphatic rings. The molecular formula is C53H46N2O7. The van der Waals surface area contributed by atoms with E-state index in [2.05, 4.69) is 13.8 Å². The first-order chi connectivity index (χ1) is 30.2. The molecule has 0 radical (unpaired) electrons. The lowest BCUT2D eigenvalue weighted by molar-refractivity contribution is 0.0405. The fourth-order valence-corrected chi connectivity index (χ4v) is 10.4. The van der Waals surface area contributed by atoms with Crippen LogP contribution >= 0.6 is 0 Å². The molecule has 62 heavy (non-hydrogen) atoms. The van der Waals surface area contributed by atoms with E-state index in [1.54, 1.807) is 53.4 Å². The van der Waals surface area contributed by atoms with E-state index in [9.17, 15) is 28.8 Å². The van der Waals surface area contributed by atoms with Crippen LogP contribution < -0.4 is 0 Å². The molecule has 0 N–H and O–H groups in total. The second-order valence-corrected chi connectivity index (χ2v) is 17.0. The van der Waals surface area contributed by atoms with Crippen molar-refractivity contribution < 1.29 is 33.5 Å². The van der Waals surface area contributed by atoms with Crippen molar-refractivity contribution in [2.45, 2.75) is 84.1 Å². The number of ketones is 1. The standard InChI is InChI=1S/C53H46N2O7/c1-3-5-7-9-14-30(15-10-8-6-4-2)55-51(59)40-26-22-34-32-20-24-38-46-39(25-21-33(44(32)46)35-23-27-41(52(55)60)47(40)45(34)35)50(58)54(49(38)57)28-29-62-53(61)42-19-13-18-37-43(42)31-16-11-12-17-36(31)48(37)56/h11-13,16-27,30H,3-10,14-15,28-29H2,1-2H3. The SMILES string of the molecule is CCCCCCC(CCCCCC)N1C(=O)c2ccc3c4ccc5c6c(ccc(c7ccc(c2c37)C1=O)c64)C(=O)N(CCOC(=O)c1cccc2c1-c1ccccc1C2=O)C5=O. The van der Waals surface area contributed by atoms with Crippen molar-refractivity contribution in [2.75, 3.05) is 13.2 Å². The summed E-state index contributed by atoms with van der Waals surface area (Å²) in [5, 5.41) is 6.13. The number of hydrogen-bond acceptors (Lipinski definition) is 7. The summed E-state index contributed by atoms with van der Waals surface area (Å²) in [5.41, 5.74) is 4.16.